The molecule has 0 amide bonds. The van der Waals surface area contributed by atoms with Crippen molar-refractivity contribution in [2.75, 3.05) is 0 Å². The van der Waals surface area contributed by atoms with Crippen LogP contribution in [0.2, 0.25) is 0 Å². The molecule has 3 rings (SSSR count). The van der Waals surface area contributed by atoms with Gasteiger partial charge in [-0.15, -0.1) is 0 Å². The topological polar surface area (TPSA) is 25.8 Å². The van der Waals surface area contributed by atoms with Crippen molar-refractivity contribution < 1.29 is 0 Å². The Morgan fingerprint density at radius 2 is 1.64 bits per heavy atom. The van der Waals surface area contributed by atoms with Gasteiger partial charge in [0, 0.05) is 29.0 Å². The van der Waals surface area contributed by atoms with E-state index in [4.69, 9.17) is 0 Å². The monoisotopic (exact) mass is 290 g/mol. The van der Waals surface area contributed by atoms with E-state index in [1.165, 1.54) is 16.3 Å². The highest BCUT2D eigenvalue weighted by Gasteiger charge is 2.08. The minimum Gasteiger partial charge on any atom is -0.260 e. The molecule has 22 heavy (non-hydrogen) atoms. The van der Waals surface area contributed by atoms with Crippen LogP contribution < -0.4 is 0 Å². The summed E-state index contributed by atoms with van der Waals surface area (Å²) in [5.74, 6) is 0.954. The summed E-state index contributed by atoms with van der Waals surface area (Å²) >= 11 is 0. The van der Waals surface area contributed by atoms with Gasteiger partial charge in [-0.1, -0.05) is 45.9 Å². The van der Waals surface area contributed by atoms with E-state index in [2.05, 4.69) is 74.1 Å². The largest absolute Gasteiger partial charge is 0.260 e. The molecule has 0 atom stereocenters. The molecular weight excluding hydrogens is 268 g/mol. The zero-order valence-corrected chi connectivity index (χ0v) is 13.7. The third kappa shape index (κ3) is 2.74. The summed E-state index contributed by atoms with van der Waals surface area (Å²) in [6, 6.07) is 12.8. The number of aromatic nitrogens is 2. The van der Waals surface area contributed by atoms with Crippen molar-refractivity contribution in [1.82, 2.24) is 9.97 Å². The van der Waals surface area contributed by atoms with Crippen LogP contribution in [-0.2, 0) is 0 Å². The first-order chi connectivity index (χ1) is 10.6. The van der Waals surface area contributed by atoms with Crippen molar-refractivity contribution in [3.63, 3.8) is 0 Å². The van der Waals surface area contributed by atoms with E-state index < -0.39 is 0 Å². The van der Waals surface area contributed by atoms with E-state index in [9.17, 15) is 0 Å². The van der Waals surface area contributed by atoms with Crippen LogP contribution in [0.5, 0.6) is 0 Å². The van der Waals surface area contributed by atoms with E-state index in [1.807, 2.05) is 12.4 Å². The molecule has 0 bridgehead atoms. The van der Waals surface area contributed by atoms with Gasteiger partial charge in [-0.05, 0) is 41.0 Å². The average Bonchev–Trinajstić information content (AvgIpc) is 2.53. The quantitative estimate of drug-likeness (QED) is 0.632. The van der Waals surface area contributed by atoms with Gasteiger partial charge in [-0.3, -0.25) is 9.97 Å². The van der Waals surface area contributed by atoms with Gasteiger partial charge in [0.25, 0.3) is 0 Å². The standard InChI is InChI=1S/C20H22N2/c1-13(2)17-7-5-6-15-10-20(22-12-18(15)17)16-8-9-19(14(3)4)21-11-16/h5-14H,1-4H3. The third-order valence-electron chi connectivity index (χ3n) is 4.09. The lowest BCUT2D eigenvalue weighted by Gasteiger charge is -2.11. The van der Waals surface area contributed by atoms with Crippen molar-refractivity contribution in [2.24, 2.45) is 0 Å². The molecular formula is C20H22N2. The van der Waals surface area contributed by atoms with Gasteiger partial charge in [0.05, 0.1) is 5.69 Å². The number of pyridine rings is 2. The molecule has 2 nitrogen and oxygen atoms in total. The number of benzene rings is 1. The second-order valence-corrected chi connectivity index (χ2v) is 6.42. The van der Waals surface area contributed by atoms with Gasteiger partial charge in [0.1, 0.15) is 0 Å². The molecule has 3 aromatic rings. The summed E-state index contributed by atoms with van der Waals surface area (Å²) in [6.45, 7) is 8.75. The molecule has 0 spiro atoms. The minimum absolute atomic E-state index is 0.451. The van der Waals surface area contributed by atoms with E-state index in [0.717, 1.165) is 17.0 Å². The number of rotatable bonds is 3. The first-order valence-electron chi connectivity index (χ1n) is 7.91. The van der Waals surface area contributed by atoms with Gasteiger partial charge in [-0.25, -0.2) is 0 Å². The fourth-order valence-corrected chi connectivity index (χ4v) is 2.75. The summed E-state index contributed by atoms with van der Waals surface area (Å²) in [4.78, 5) is 9.20. The minimum atomic E-state index is 0.451. The van der Waals surface area contributed by atoms with E-state index >= 15 is 0 Å². The van der Waals surface area contributed by atoms with Gasteiger partial charge in [-0.2, -0.15) is 0 Å². The molecule has 0 saturated heterocycles. The predicted octanol–water partition coefficient (Wildman–Crippen LogP) is 5.54. The van der Waals surface area contributed by atoms with E-state index in [1.54, 1.807) is 0 Å². The van der Waals surface area contributed by atoms with Crippen LogP contribution in [0.15, 0.2) is 48.8 Å². The molecule has 0 radical (unpaired) electrons. The molecule has 0 unspecified atom stereocenters. The molecule has 1 aromatic carbocycles. The van der Waals surface area contributed by atoms with Crippen LogP contribution >= 0.6 is 0 Å². The summed E-state index contributed by atoms with van der Waals surface area (Å²) < 4.78 is 0. The second-order valence-electron chi connectivity index (χ2n) is 6.42. The zero-order valence-electron chi connectivity index (χ0n) is 13.7. The molecule has 0 fully saturated rings. The van der Waals surface area contributed by atoms with Crippen molar-refractivity contribution in [1.29, 1.82) is 0 Å². The normalized spacial score (nSPS) is 11.5. The zero-order chi connectivity index (χ0) is 15.7. The first-order valence-corrected chi connectivity index (χ1v) is 7.91. The molecule has 0 aliphatic carbocycles. The van der Waals surface area contributed by atoms with Crippen LogP contribution in [-0.4, -0.2) is 9.97 Å². The van der Waals surface area contributed by atoms with Gasteiger partial charge < -0.3 is 0 Å². The molecule has 112 valence electrons. The molecule has 0 N–H and O–H groups in total. The molecule has 2 heterocycles. The number of hydrogen-bond donors (Lipinski definition) is 0. The lowest BCUT2D eigenvalue weighted by atomic mass is 9.96. The van der Waals surface area contributed by atoms with E-state index in [-0.39, 0.29) is 0 Å². The van der Waals surface area contributed by atoms with Gasteiger partial charge >= 0.3 is 0 Å². The number of nitrogens with zero attached hydrogens (tertiary/aromatic N) is 2. The molecule has 0 aliphatic heterocycles. The van der Waals surface area contributed by atoms with Crippen LogP contribution in [0.25, 0.3) is 22.0 Å². The average molecular weight is 290 g/mol. The maximum absolute atomic E-state index is 4.65. The fourth-order valence-electron chi connectivity index (χ4n) is 2.75. The van der Waals surface area contributed by atoms with Crippen molar-refractivity contribution >= 4 is 10.8 Å². The molecule has 0 aliphatic rings. The lowest BCUT2D eigenvalue weighted by Crippen LogP contribution is -1.94. The molecule has 2 heteroatoms. The van der Waals surface area contributed by atoms with Gasteiger partial charge in [0.2, 0.25) is 0 Å². The summed E-state index contributed by atoms with van der Waals surface area (Å²) in [5.41, 5.74) is 4.52. The summed E-state index contributed by atoms with van der Waals surface area (Å²) in [5, 5.41) is 2.48. The first kappa shape index (κ1) is 14.7. The Morgan fingerprint density at radius 3 is 2.27 bits per heavy atom. The van der Waals surface area contributed by atoms with E-state index in [0.29, 0.717) is 11.8 Å². The van der Waals surface area contributed by atoms with Crippen LogP contribution in [0.3, 0.4) is 0 Å². The molecule has 0 saturated carbocycles. The SMILES string of the molecule is CC(C)c1ccc(-c2cc3cccc(C(C)C)c3cn2)cn1. The Kier molecular flexibility index (Phi) is 3.93. The summed E-state index contributed by atoms with van der Waals surface area (Å²) in [7, 11) is 0. The van der Waals surface area contributed by atoms with Crippen LogP contribution in [0.1, 0.15) is 50.8 Å². The Hall–Kier alpha value is -2.22. The number of fused-ring (bicyclic) bond motifs is 1. The fraction of sp³-hybridized carbons (Fsp3) is 0.300. The maximum atomic E-state index is 4.65. The Labute approximate surface area is 132 Å². The lowest BCUT2D eigenvalue weighted by molar-refractivity contribution is 0.823. The van der Waals surface area contributed by atoms with Crippen molar-refractivity contribution in [3.8, 4) is 11.3 Å². The highest BCUT2D eigenvalue weighted by molar-refractivity contribution is 5.88. The highest BCUT2D eigenvalue weighted by atomic mass is 14.7. The Balaban J connectivity index is 2.05. The van der Waals surface area contributed by atoms with Crippen LogP contribution in [0.4, 0.5) is 0 Å². The maximum Gasteiger partial charge on any atom is 0.0723 e. The highest BCUT2D eigenvalue weighted by Crippen LogP contribution is 2.28. The Morgan fingerprint density at radius 1 is 0.818 bits per heavy atom. The number of hydrogen-bond acceptors (Lipinski definition) is 2. The third-order valence-corrected chi connectivity index (χ3v) is 4.09. The summed E-state index contributed by atoms with van der Waals surface area (Å²) in [6.07, 6.45) is 3.92. The second kappa shape index (κ2) is 5.88. The predicted molar refractivity (Wildman–Crippen MR) is 93.2 cm³/mol. The van der Waals surface area contributed by atoms with Crippen molar-refractivity contribution in [2.45, 2.75) is 39.5 Å². The van der Waals surface area contributed by atoms with Crippen LogP contribution in [0, 0.1) is 0 Å². The van der Waals surface area contributed by atoms with Gasteiger partial charge in [0.15, 0.2) is 0 Å². The van der Waals surface area contributed by atoms with Crippen molar-refractivity contribution in [3.05, 3.63) is 60.0 Å². The smallest absolute Gasteiger partial charge is 0.0723 e. The Bertz CT molecular complexity index is 786. The molecule has 2 aromatic heterocycles.